The highest BCUT2D eigenvalue weighted by molar-refractivity contribution is 9.10. The predicted molar refractivity (Wildman–Crippen MR) is 90.9 cm³/mol. The Morgan fingerprint density at radius 1 is 1.48 bits per heavy atom. The average Bonchev–Trinajstić information content (AvgIpc) is 2.49. The maximum atomic E-state index is 5.81. The standard InChI is InChI=1S/C13H20BrN5OS/c1-3-10(11(15)21)18-4-6-19(7-5-18)13-16-8-9(14)12(17-13)20-2/h8,10H,3-7H2,1-2H3,(H2,15,21). The van der Waals surface area contributed by atoms with E-state index in [0.717, 1.165) is 37.1 Å². The Kier molecular flexibility index (Phi) is 5.72. The highest BCUT2D eigenvalue weighted by atomic mass is 79.9. The molecule has 2 rings (SSSR count). The van der Waals surface area contributed by atoms with Crippen molar-refractivity contribution < 1.29 is 4.74 Å². The molecule has 0 spiro atoms. The van der Waals surface area contributed by atoms with E-state index in [9.17, 15) is 0 Å². The Hall–Kier alpha value is -0.990. The number of methoxy groups -OCH3 is 1. The van der Waals surface area contributed by atoms with E-state index in [1.54, 1.807) is 13.3 Å². The molecule has 1 aromatic heterocycles. The molecule has 1 atom stereocenters. The van der Waals surface area contributed by atoms with Gasteiger partial charge in [-0.2, -0.15) is 4.98 Å². The van der Waals surface area contributed by atoms with E-state index >= 15 is 0 Å². The Labute approximate surface area is 138 Å². The molecule has 8 heteroatoms. The van der Waals surface area contributed by atoms with Gasteiger partial charge in [-0.15, -0.1) is 0 Å². The van der Waals surface area contributed by atoms with Gasteiger partial charge in [0.1, 0.15) is 0 Å². The number of ether oxygens (including phenoxy) is 1. The fourth-order valence-corrected chi connectivity index (χ4v) is 3.18. The number of hydrogen-bond donors (Lipinski definition) is 1. The van der Waals surface area contributed by atoms with Crippen molar-refractivity contribution in [2.45, 2.75) is 19.4 Å². The minimum atomic E-state index is 0.183. The summed E-state index contributed by atoms with van der Waals surface area (Å²) >= 11 is 8.51. The molecule has 0 saturated carbocycles. The van der Waals surface area contributed by atoms with Gasteiger partial charge in [0.2, 0.25) is 11.8 Å². The second-order valence-corrected chi connectivity index (χ2v) is 6.20. The van der Waals surface area contributed by atoms with E-state index in [2.05, 4.69) is 42.6 Å². The molecule has 0 bridgehead atoms. The van der Waals surface area contributed by atoms with Gasteiger partial charge in [0.15, 0.2) is 0 Å². The van der Waals surface area contributed by atoms with E-state index in [1.807, 2.05) is 0 Å². The number of hydrogen-bond acceptors (Lipinski definition) is 6. The second-order valence-electron chi connectivity index (χ2n) is 4.88. The summed E-state index contributed by atoms with van der Waals surface area (Å²) in [7, 11) is 1.60. The van der Waals surface area contributed by atoms with E-state index in [-0.39, 0.29) is 6.04 Å². The van der Waals surface area contributed by atoms with Crippen molar-refractivity contribution in [3.05, 3.63) is 10.7 Å². The van der Waals surface area contributed by atoms with Gasteiger partial charge in [0.25, 0.3) is 0 Å². The molecule has 0 amide bonds. The lowest BCUT2D eigenvalue weighted by Crippen LogP contribution is -2.53. The molecule has 1 aliphatic heterocycles. The summed E-state index contributed by atoms with van der Waals surface area (Å²) in [5, 5.41) is 0. The first kappa shape index (κ1) is 16.4. The fourth-order valence-electron chi connectivity index (χ4n) is 2.51. The summed E-state index contributed by atoms with van der Waals surface area (Å²) in [4.78, 5) is 13.8. The first-order chi connectivity index (χ1) is 10.1. The van der Waals surface area contributed by atoms with Crippen LogP contribution in [0.15, 0.2) is 10.7 Å². The quantitative estimate of drug-likeness (QED) is 0.782. The number of halogens is 1. The highest BCUT2D eigenvalue weighted by Crippen LogP contribution is 2.24. The number of anilines is 1. The van der Waals surface area contributed by atoms with Crippen molar-refractivity contribution in [3.8, 4) is 5.88 Å². The number of piperazine rings is 1. The van der Waals surface area contributed by atoms with Crippen LogP contribution in [0.5, 0.6) is 5.88 Å². The lowest BCUT2D eigenvalue weighted by atomic mass is 10.1. The van der Waals surface area contributed by atoms with Crippen molar-refractivity contribution in [2.75, 3.05) is 38.2 Å². The largest absolute Gasteiger partial charge is 0.480 e. The number of nitrogens with two attached hydrogens (primary N) is 1. The third-order valence-electron chi connectivity index (χ3n) is 3.65. The van der Waals surface area contributed by atoms with E-state index in [0.29, 0.717) is 16.8 Å². The molecule has 1 aromatic rings. The van der Waals surface area contributed by atoms with Gasteiger partial charge < -0.3 is 15.4 Å². The molecule has 1 unspecified atom stereocenters. The van der Waals surface area contributed by atoms with E-state index in [4.69, 9.17) is 22.7 Å². The normalized spacial score (nSPS) is 17.6. The maximum Gasteiger partial charge on any atom is 0.232 e. The predicted octanol–water partition coefficient (Wildman–Crippen LogP) is 1.43. The van der Waals surface area contributed by atoms with Crippen molar-refractivity contribution in [1.29, 1.82) is 0 Å². The summed E-state index contributed by atoms with van der Waals surface area (Å²) < 4.78 is 5.97. The van der Waals surface area contributed by atoms with Gasteiger partial charge in [-0.1, -0.05) is 19.1 Å². The van der Waals surface area contributed by atoms with Crippen LogP contribution in [0.25, 0.3) is 0 Å². The molecule has 116 valence electrons. The van der Waals surface area contributed by atoms with Crippen molar-refractivity contribution >= 4 is 39.1 Å². The second kappa shape index (κ2) is 7.33. The van der Waals surface area contributed by atoms with Crippen LogP contribution < -0.4 is 15.4 Å². The summed E-state index contributed by atoms with van der Waals surface area (Å²) in [6, 6.07) is 0.183. The van der Waals surface area contributed by atoms with Gasteiger partial charge in [0, 0.05) is 26.2 Å². The first-order valence-corrected chi connectivity index (χ1v) is 8.11. The average molecular weight is 374 g/mol. The molecular formula is C13H20BrN5OS. The molecule has 1 fully saturated rings. The zero-order valence-electron chi connectivity index (χ0n) is 12.3. The van der Waals surface area contributed by atoms with Crippen LogP contribution in [-0.2, 0) is 0 Å². The topological polar surface area (TPSA) is 67.5 Å². The first-order valence-electron chi connectivity index (χ1n) is 6.91. The lowest BCUT2D eigenvalue weighted by molar-refractivity contribution is 0.223. The molecule has 21 heavy (non-hydrogen) atoms. The molecule has 0 aromatic carbocycles. The summed E-state index contributed by atoms with van der Waals surface area (Å²) in [6.45, 7) is 5.61. The summed E-state index contributed by atoms with van der Waals surface area (Å²) in [6.07, 6.45) is 2.66. The Morgan fingerprint density at radius 3 is 2.67 bits per heavy atom. The Bertz CT molecular complexity index is 507. The zero-order valence-corrected chi connectivity index (χ0v) is 14.7. The van der Waals surface area contributed by atoms with Crippen LogP contribution in [-0.4, -0.2) is 59.2 Å². The van der Waals surface area contributed by atoms with Gasteiger partial charge in [0.05, 0.1) is 28.8 Å². The number of rotatable bonds is 5. The van der Waals surface area contributed by atoms with Crippen molar-refractivity contribution in [3.63, 3.8) is 0 Å². The number of nitrogens with zero attached hydrogens (tertiary/aromatic N) is 4. The van der Waals surface area contributed by atoms with Crippen LogP contribution in [0, 0.1) is 0 Å². The highest BCUT2D eigenvalue weighted by Gasteiger charge is 2.25. The minimum Gasteiger partial charge on any atom is -0.480 e. The zero-order chi connectivity index (χ0) is 15.4. The molecule has 1 saturated heterocycles. The lowest BCUT2D eigenvalue weighted by Gasteiger charge is -2.38. The molecule has 0 aliphatic carbocycles. The molecular weight excluding hydrogens is 354 g/mol. The molecule has 2 heterocycles. The molecule has 1 aliphatic rings. The molecule has 0 radical (unpaired) electrons. The fraction of sp³-hybridized carbons (Fsp3) is 0.615. The van der Waals surface area contributed by atoms with E-state index < -0.39 is 0 Å². The van der Waals surface area contributed by atoms with Crippen molar-refractivity contribution in [1.82, 2.24) is 14.9 Å². The SMILES string of the molecule is CCC(C(N)=S)N1CCN(c2ncc(Br)c(OC)n2)CC1. The molecule has 2 N–H and O–H groups in total. The summed E-state index contributed by atoms with van der Waals surface area (Å²) in [5.41, 5.74) is 5.81. The van der Waals surface area contributed by atoms with Crippen LogP contribution >= 0.6 is 28.1 Å². The van der Waals surface area contributed by atoms with Gasteiger partial charge in [-0.25, -0.2) is 4.98 Å². The maximum absolute atomic E-state index is 5.81. The Morgan fingerprint density at radius 2 is 2.14 bits per heavy atom. The smallest absolute Gasteiger partial charge is 0.232 e. The van der Waals surface area contributed by atoms with Crippen LogP contribution in [0.2, 0.25) is 0 Å². The van der Waals surface area contributed by atoms with E-state index in [1.165, 1.54) is 0 Å². The third kappa shape index (κ3) is 3.81. The van der Waals surface area contributed by atoms with Crippen LogP contribution in [0.1, 0.15) is 13.3 Å². The van der Waals surface area contributed by atoms with Crippen LogP contribution in [0.4, 0.5) is 5.95 Å². The number of aromatic nitrogens is 2. The number of thiocarbonyl (C=S) groups is 1. The minimum absolute atomic E-state index is 0.183. The monoisotopic (exact) mass is 373 g/mol. The van der Waals surface area contributed by atoms with Crippen LogP contribution in [0.3, 0.4) is 0 Å². The van der Waals surface area contributed by atoms with Crippen molar-refractivity contribution in [2.24, 2.45) is 5.73 Å². The molecule has 6 nitrogen and oxygen atoms in total. The van der Waals surface area contributed by atoms with Gasteiger partial charge in [-0.05, 0) is 22.4 Å². The van der Waals surface area contributed by atoms with Gasteiger partial charge >= 0.3 is 0 Å². The summed E-state index contributed by atoms with van der Waals surface area (Å²) in [5.74, 6) is 1.25. The van der Waals surface area contributed by atoms with Gasteiger partial charge in [-0.3, -0.25) is 4.90 Å². The third-order valence-corrected chi connectivity index (χ3v) is 4.46. The Balaban J connectivity index is 2.02.